The molecular weight excluding hydrogens is 310 g/mol. The number of hydrogen-bond donors (Lipinski definition) is 3. The van der Waals surface area contributed by atoms with Crippen molar-refractivity contribution in [3.8, 4) is 0 Å². The smallest absolute Gasteiger partial charge is 0.239 e. The second-order valence-corrected chi connectivity index (χ2v) is 6.24. The number of hydrogen-bond acceptors (Lipinski definition) is 4. The number of thiophene rings is 1. The van der Waals surface area contributed by atoms with E-state index in [4.69, 9.17) is 5.73 Å². The van der Waals surface area contributed by atoms with Gasteiger partial charge in [-0.15, -0.1) is 23.7 Å². The average Bonchev–Trinajstić information content (AvgIpc) is 2.89. The van der Waals surface area contributed by atoms with Crippen molar-refractivity contribution in [2.45, 2.75) is 39.8 Å². The lowest BCUT2D eigenvalue weighted by atomic mass is 10.1. The lowest BCUT2D eigenvalue weighted by molar-refractivity contribution is -0.127. The number of rotatable bonds is 7. The fourth-order valence-corrected chi connectivity index (χ4v) is 2.44. The van der Waals surface area contributed by atoms with Crippen molar-refractivity contribution in [1.29, 1.82) is 0 Å². The molecule has 0 aliphatic carbocycles. The zero-order chi connectivity index (χ0) is 15.1. The summed E-state index contributed by atoms with van der Waals surface area (Å²) >= 11 is 1.69. The molecule has 5 nitrogen and oxygen atoms in total. The van der Waals surface area contributed by atoms with Crippen molar-refractivity contribution < 1.29 is 9.59 Å². The van der Waals surface area contributed by atoms with Gasteiger partial charge in [-0.05, 0) is 24.5 Å². The first-order valence-electron chi connectivity index (χ1n) is 6.81. The average molecular weight is 334 g/mol. The van der Waals surface area contributed by atoms with Crippen molar-refractivity contribution in [3.05, 3.63) is 21.9 Å². The molecule has 0 radical (unpaired) electrons. The Morgan fingerprint density at radius 1 is 1.24 bits per heavy atom. The van der Waals surface area contributed by atoms with Crippen molar-refractivity contribution in [2.75, 3.05) is 6.54 Å². The van der Waals surface area contributed by atoms with Crippen LogP contribution in [0.3, 0.4) is 0 Å². The van der Waals surface area contributed by atoms with Crippen LogP contribution < -0.4 is 16.4 Å². The molecule has 4 N–H and O–H groups in total. The van der Waals surface area contributed by atoms with Gasteiger partial charge >= 0.3 is 0 Å². The zero-order valence-electron chi connectivity index (χ0n) is 12.6. The molecule has 1 aromatic heterocycles. The molecular formula is C14H24ClN3O2S. The first kappa shape index (κ1) is 19.9. The van der Waals surface area contributed by atoms with Gasteiger partial charge in [0.25, 0.3) is 0 Å². The lowest BCUT2D eigenvalue weighted by Crippen LogP contribution is -2.47. The molecule has 1 atom stereocenters. The minimum Gasteiger partial charge on any atom is -0.350 e. The molecule has 1 heterocycles. The number of carbonyl (C=O) groups excluding carboxylic acids is 2. The van der Waals surface area contributed by atoms with Gasteiger partial charge in [0.15, 0.2) is 0 Å². The van der Waals surface area contributed by atoms with Crippen LogP contribution in [0.15, 0.2) is 12.1 Å². The third-order valence-electron chi connectivity index (χ3n) is 2.97. The summed E-state index contributed by atoms with van der Waals surface area (Å²) in [4.78, 5) is 25.6. The SMILES string of the molecule is CCc1ccc(CNC(=O)CNC(=O)[C@@H](N)C(C)C)s1.Cl. The van der Waals surface area contributed by atoms with Gasteiger partial charge < -0.3 is 16.4 Å². The van der Waals surface area contributed by atoms with Gasteiger partial charge in [0.1, 0.15) is 0 Å². The van der Waals surface area contributed by atoms with Crippen LogP contribution in [0.4, 0.5) is 0 Å². The molecule has 1 aromatic rings. The number of amides is 2. The van der Waals surface area contributed by atoms with E-state index in [2.05, 4.69) is 23.6 Å². The van der Waals surface area contributed by atoms with Gasteiger partial charge in [0.2, 0.25) is 11.8 Å². The molecule has 7 heteroatoms. The van der Waals surface area contributed by atoms with Gasteiger partial charge in [-0.1, -0.05) is 20.8 Å². The Hall–Kier alpha value is -1.11. The maximum absolute atomic E-state index is 11.6. The van der Waals surface area contributed by atoms with E-state index >= 15 is 0 Å². The van der Waals surface area contributed by atoms with Gasteiger partial charge in [-0.3, -0.25) is 9.59 Å². The summed E-state index contributed by atoms with van der Waals surface area (Å²) < 4.78 is 0. The van der Waals surface area contributed by atoms with Gasteiger partial charge in [-0.2, -0.15) is 0 Å². The fourth-order valence-electron chi connectivity index (χ4n) is 1.54. The molecule has 0 fully saturated rings. The van der Waals surface area contributed by atoms with Crippen LogP contribution in [0.5, 0.6) is 0 Å². The Morgan fingerprint density at radius 3 is 2.38 bits per heavy atom. The van der Waals surface area contributed by atoms with E-state index in [1.807, 2.05) is 19.9 Å². The van der Waals surface area contributed by atoms with E-state index in [0.717, 1.165) is 11.3 Å². The highest BCUT2D eigenvalue weighted by atomic mass is 35.5. The number of halogens is 1. The topological polar surface area (TPSA) is 84.2 Å². The lowest BCUT2D eigenvalue weighted by Gasteiger charge is -2.15. The van der Waals surface area contributed by atoms with E-state index in [1.54, 1.807) is 11.3 Å². The Morgan fingerprint density at radius 2 is 1.86 bits per heavy atom. The summed E-state index contributed by atoms with van der Waals surface area (Å²) in [6.07, 6.45) is 1.00. The third-order valence-corrected chi connectivity index (χ3v) is 4.20. The zero-order valence-corrected chi connectivity index (χ0v) is 14.3. The molecule has 0 aromatic carbocycles. The minimum atomic E-state index is -0.577. The van der Waals surface area contributed by atoms with E-state index in [0.29, 0.717) is 6.54 Å². The number of aryl methyl sites for hydroxylation is 1. The minimum absolute atomic E-state index is 0. The molecule has 1 rings (SSSR count). The summed E-state index contributed by atoms with van der Waals surface area (Å²) in [7, 11) is 0. The van der Waals surface area contributed by atoms with Crippen LogP contribution in [-0.4, -0.2) is 24.4 Å². The van der Waals surface area contributed by atoms with Gasteiger partial charge in [0, 0.05) is 9.75 Å². The summed E-state index contributed by atoms with van der Waals surface area (Å²) in [5.74, 6) is -0.447. The Labute approximate surface area is 136 Å². The fraction of sp³-hybridized carbons (Fsp3) is 0.571. The van der Waals surface area contributed by atoms with Crippen LogP contribution in [0.25, 0.3) is 0 Å². The summed E-state index contributed by atoms with van der Waals surface area (Å²) in [5.41, 5.74) is 5.69. The highest BCUT2D eigenvalue weighted by molar-refractivity contribution is 7.11. The first-order valence-corrected chi connectivity index (χ1v) is 7.63. The van der Waals surface area contributed by atoms with E-state index < -0.39 is 6.04 Å². The van der Waals surface area contributed by atoms with Crippen LogP contribution in [-0.2, 0) is 22.6 Å². The monoisotopic (exact) mass is 333 g/mol. The van der Waals surface area contributed by atoms with E-state index in [-0.39, 0.29) is 36.7 Å². The molecule has 120 valence electrons. The third kappa shape index (κ3) is 6.93. The van der Waals surface area contributed by atoms with Crippen molar-refractivity contribution in [2.24, 2.45) is 11.7 Å². The normalized spacial score (nSPS) is 11.7. The van der Waals surface area contributed by atoms with Crippen molar-refractivity contribution in [3.63, 3.8) is 0 Å². The van der Waals surface area contributed by atoms with E-state index in [1.165, 1.54) is 4.88 Å². The number of nitrogens with two attached hydrogens (primary N) is 1. The summed E-state index contributed by atoms with van der Waals surface area (Å²) in [6, 6.07) is 3.50. The standard InChI is InChI=1S/C14H23N3O2S.ClH/c1-4-10-5-6-11(20-10)7-16-12(18)8-17-14(19)13(15)9(2)3;/h5-6,9,13H,4,7-8,15H2,1-3H3,(H,16,18)(H,17,19);1H/t13-;/m0./s1. The van der Waals surface area contributed by atoms with Crippen LogP contribution >= 0.6 is 23.7 Å². The predicted octanol–water partition coefficient (Wildman–Crippen LogP) is 1.45. The molecule has 0 saturated heterocycles. The molecule has 2 amide bonds. The van der Waals surface area contributed by atoms with Crippen molar-refractivity contribution in [1.82, 2.24) is 10.6 Å². The first-order chi connectivity index (χ1) is 9.43. The van der Waals surface area contributed by atoms with Crippen LogP contribution in [0.2, 0.25) is 0 Å². The predicted molar refractivity (Wildman–Crippen MR) is 88.6 cm³/mol. The summed E-state index contributed by atoms with van der Waals surface area (Å²) in [5, 5.41) is 5.32. The number of nitrogens with one attached hydrogen (secondary N) is 2. The maximum Gasteiger partial charge on any atom is 0.239 e. The quantitative estimate of drug-likeness (QED) is 0.706. The molecule has 0 bridgehead atoms. The highest BCUT2D eigenvalue weighted by Crippen LogP contribution is 2.16. The molecule has 21 heavy (non-hydrogen) atoms. The molecule has 0 aliphatic heterocycles. The van der Waals surface area contributed by atoms with Crippen LogP contribution in [0, 0.1) is 5.92 Å². The molecule has 0 spiro atoms. The van der Waals surface area contributed by atoms with Gasteiger partial charge in [0.05, 0.1) is 19.1 Å². The highest BCUT2D eigenvalue weighted by Gasteiger charge is 2.17. The molecule has 0 aliphatic rings. The Kier molecular flexibility index (Phi) is 9.24. The van der Waals surface area contributed by atoms with Crippen molar-refractivity contribution >= 4 is 35.6 Å². The largest absolute Gasteiger partial charge is 0.350 e. The van der Waals surface area contributed by atoms with E-state index in [9.17, 15) is 9.59 Å². The second kappa shape index (κ2) is 9.76. The van der Waals surface area contributed by atoms with Gasteiger partial charge in [-0.25, -0.2) is 0 Å². The molecule has 0 unspecified atom stereocenters. The number of carbonyl (C=O) groups is 2. The Balaban J connectivity index is 0.00000400. The maximum atomic E-state index is 11.6. The molecule has 0 saturated carbocycles. The summed E-state index contributed by atoms with van der Waals surface area (Å²) in [6.45, 7) is 6.29. The van der Waals surface area contributed by atoms with Crippen LogP contribution in [0.1, 0.15) is 30.5 Å². The Bertz CT molecular complexity index is 463. The second-order valence-electron chi connectivity index (χ2n) is 4.99.